The standard InChI is InChI=1S/C15H12ClN3/c1-11-14(12-7-3-2-4-8-12)18-19(15(11)16)13-9-5-6-10-17-13/h2-10H,1H3. The molecule has 0 fully saturated rings. The molecule has 0 spiro atoms. The normalized spacial score (nSPS) is 10.6. The first-order valence-electron chi connectivity index (χ1n) is 5.99. The van der Waals surface area contributed by atoms with Crippen molar-refractivity contribution in [3.63, 3.8) is 0 Å². The maximum atomic E-state index is 6.36. The van der Waals surface area contributed by atoms with Gasteiger partial charge in [0, 0.05) is 17.3 Å². The minimum absolute atomic E-state index is 0.595. The van der Waals surface area contributed by atoms with Gasteiger partial charge in [-0.2, -0.15) is 5.10 Å². The van der Waals surface area contributed by atoms with Gasteiger partial charge in [0.25, 0.3) is 0 Å². The Labute approximate surface area is 116 Å². The number of rotatable bonds is 2. The van der Waals surface area contributed by atoms with E-state index in [1.165, 1.54) is 0 Å². The Morgan fingerprint density at radius 3 is 2.42 bits per heavy atom. The molecular weight excluding hydrogens is 258 g/mol. The van der Waals surface area contributed by atoms with Crippen LogP contribution in [-0.2, 0) is 0 Å². The topological polar surface area (TPSA) is 30.7 Å². The van der Waals surface area contributed by atoms with E-state index in [4.69, 9.17) is 11.6 Å². The number of benzene rings is 1. The molecule has 4 heteroatoms. The molecule has 2 aromatic heterocycles. The number of aromatic nitrogens is 3. The predicted octanol–water partition coefficient (Wildman–Crippen LogP) is 3.90. The van der Waals surface area contributed by atoms with E-state index in [9.17, 15) is 0 Å². The third kappa shape index (κ3) is 2.13. The van der Waals surface area contributed by atoms with Crippen molar-refractivity contribution < 1.29 is 0 Å². The van der Waals surface area contributed by atoms with Crippen LogP contribution in [0.15, 0.2) is 54.7 Å². The Morgan fingerprint density at radius 1 is 1.00 bits per heavy atom. The van der Waals surface area contributed by atoms with Crippen molar-refractivity contribution in [3.05, 3.63) is 65.4 Å². The summed E-state index contributed by atoms with van der Waals surface area (Å²) in [5.41, 5.74) is 2.89. The highest BCUT2D eigenvalue weighted by atomic mass is 35.5. The third-order valence-corrected chi connectivity index (χ3v) is 3.41. The van der Waals surface area contributed by atoms with Crippen LogP contribution in [0, 0.1) is 6.92 Å². The second kappa shape index (κ2) is 4.86. The highest BCUT2D eigenvalue weighted by Crippen LogP contribution is 2.29. The van der Waals surface area contributed by atoms with Crippen LogP contribution >= 0.6 is 11.6 Å². The fourth-order valence-corrected chi connectivity index (χ4v) is 2.19. The van der Waals surface area contributed by atoms with Gasteiger partial charge in [-0.15, -0.1) is 0 Å². The molecule has 0 amide bonds. The maximum absolute atomic E-state index is 6.36. The lowest BCUT2D eigenvalue weighted by Crippen LogP contribution is -1.98. The number of pyridine rings is 1. The van der Waals surface area contributed by atoms with Crippen LogP contribution < -0.4 is 0 Å². The van der Waals surface area contributed by atoms with E-state index in [1.54, 1.807) is 10.9 Å². The molecule has 0 aliphatic heterocycles. The molecule has 0 bridgehead atoms. The van der Waals surface area contributed by atoms with Crippen molar-refractivity contribution in [2.45, 2.75) is 6.92 Å². The zero-order chi connectivity index (χ0) is 13.2. The number of hydrogen-bond acceptors (Lipinski definition) is 2. The van der Waals surface area contributed by atoms with Crippen molar-refractivity contribution in [3.8, 4) is 17.1 Å². The molecule has 0 aliphatic carbocycles. The summed E-state index contributed by atoms with van der Waals surface area (Å²) >= 11 is 6.36. The van der Waals surface area contributed by atoms with E-state index in [0.29, 0.717) is 5.15 Å². The van der Waals surface area contributed by atoms with Gasteiger partial charge in [0.05, 0.1) is 5.69 Å². The zero-order valence-electron chi connectivity index (χ0n) is 10.4. The van der Waals surface area contributed by atoms with Gasteiger partial charge in [-0.1, -0.05) is 48.0 Å². The summed E-state index contributed by atoms with van der Waals surface area (Å²) in [5, 5.41) is 5.17. The summed E-state index contributed by atoms with van der Waals surface area (Å²) in [6.45, 7) is 1.97. The fraction of sp³-hybridized carbons (Fsp3) is 0.0667. The molecule has 2 heterocycles. The Hall–Kier alpha value is -2.13. The van der Waals surface area contributed by atoms with Crippen LogP contribution in [0.3, 0.4) is 0 Å². The molecule has 3 rings (SSSR count). The lowest BCUT2D eigenvalue weighted by atomic mass is 10.1. The monoisotopic (exact) mass is 269 g/mol. The van der Waals surface area contributed by atoms with Gasteiger partial charge in [0.15, 0.2) is 5.82 Å². The Morgan fingerprint density at radius 2 is 1.74 bits per heavy atom. The minimum Gasteiger partial charge on any atom is -0.237 e. The second-order valence-electron chi connectivity index (χ2n) is 4.23. The average Bonchev–Trinajstić information content (AvgIpc) is 2.77. The smallest absolute Gasteiger partial charge is 0.155 e. The molecule has 3 aromatic rings. The first kappa shape index (κ1) is 11.9. The molecule has 3 nitrogen and oxygen atoms in total. The number of halogens is 1. The minimum atomic E-state index is 0.595. The number of hydrogen-bond donors (Lipinski definition) is 0. The predicted molar refractivity (Wildman–Crippen MR) is 76.5 cm³/mol. The Bertz CT molecular complexity index is 630. The van der Waals surface area contributed by atoms with Crippen molar-refractivity contribution in [2.75, 3.05) is 0 Å². The van der Waals surface area contributed by atoms with E-state index in [0.717, 1.165) is 22.6 Å². The van der Waals surface area contributed by atoms with Gasteiger partial charge in [0.1, 0.15) is 5.15 Å². The van der Waals surface area contributed by atoms with E-state index < -0.39 is 0 Å². The van der Waals surface area contributed by atoms with E-state index >= 15 is 0 Å². The van der Waals surface area contributed by atoms with Crippen molar-refractivity contribution in [1.82, 2.24) is 14.8 Å². The SMILES string of the molecule is Cc1c(-c2ccccc2)nn(-c2ccccn2)c1Cl. The highest BCUT2D eigenvalue weighted by Gasteiger charge is 2.15. The van der Waals surface area contributed by atoms with Crippen LogP contribution in [0.4, 0.5) is 0 Å². The molecule has 0 saturated carbocycles. The first-order chi connectivity index (χ1) is 9.27. The maximum Gasteiger partial charge on any atom is 0.155 e. The Kier molecular flexibility index (Phi) is 3.05. The summed E-state index contributed by atoms with van der Waals surface area (Å²) in [4.78, 5) is 4.27. The lowest BCUT2D eigenvalue weighted by molar-refractivity contribution is 0.850. The van der Waals surface area contributed by atoms with E-state index in [-0.39, 0.29) is 0 Å². The van der Waals surface area contributed by atoms with Gasteiger partial charge in [-0.05, 0) is 19.1 Å². The highest BCUT2D eigenvalue weighted by molar-refractivity contribution is 6.31. The summed E-state index contributed by atoms with van der Waals surface area (Å²) in [6, 6.07) is 15.7. The van der Waals surface area contributed by atoms with E-state index in [1.807, 2.05) is 55.5 Å². The van der Waals surface area contributed by atoms with Gasteiger partial charge in [-0.25, -0.2) is 9.67 Å². The zero-order valence-corrected chi connectivity index (χ0v) is 11.2. The average molecular weight is 270 g/mol. The van der Waals surface area contributed by atoms with Crippen molar-refractivity contribution in [2.24, 2.45) is 0 Å². The van der Waals surface area contributed by atoms with Crippen molar-refractivity contribution in [1.29, 1.82) is 0 Å². The van der Waals surface area contributed by atoms with Crippen LogP contribution in [-0.4, -0.2) is 14.8 Å². The fourth-order valence-electron chi connectivity index (χ4n) is 1.98. The quantitative estimate of drug-likeness (QED) is 0.706. The third-order valence-electron chi connectivity index (χ3n) is 2.96. The van der Waals surface area contributed by atoms with Gasteiger partial charge < -0.3 is 0 Å². The Balaban J connectivity index is 2.16. The summed E-state index contributed by atoms with van der Waals surface area (Å²) < 4.78 is 1.67. The van der Waals surface area contributed by atoms with Crippen LogP contribution in [0.2, 0.25) is 5.15 Å². The largest absolute Gasteiger partial charge is 0.237 e. The molecule has 94 valence electrons. The van der Waals surface area contributed by atoms with Gasteiger partial charge in [-0.3, -0.25) is 0 Å². The lowest BCUT2D eigenvalue weighted by Gasteiger charge is -2.00. The van der Waals surface area contributed by atoms with Crippen LogP contribution in [0.5, 0.6) is 0 Å². The molecule has 0 atom stereocenters. The van der Waals surface area contributed by atoms with Crippen LogP contribution in [0.1, 0.15) is 5.56 Å². The molecular formula is C15H12ClN3. The summed E-state index contributed by atoms with van der Waals surface area (Å²) in [6.07, 6.45) is 1.73. The molecule has 0 aliphatic rings. The molecule has 0 unspecified atom stereocenters. The summed E-state index contributed by atoms with van der Waals surface area (Å²) in [7, 11) is 0. The molecule has 0 N–H and O–H groups in total. The first-order valence-corrected chi connectivity index (χ1v) is 6.37. The van der Waals surface area contributed by atoms with Crippen LogP contribution in [0.25, 0.3) is 17.1 Å². The second-order valence-corrected chi connectivity index (χ2v) is 4.59. The van der Waals surface area contributed by atoms with Gasteiger partial charge in [0.2, 0.25) is 0 Å². The molecule has 0 radical (unpaired) electrons. The van der Waals surface area contributed by atoms with E-state index in [2.05, 4.69) is 10.1 Å². The molecule has 19 heavy (non-hydrogen) atoms. The summed E-state index contributed by atoms with van der Waals surface area (Å²) in [5.74, 6) is 0.720. The molecule has 1 aromatic carbocycles. The van der Waals surface area contributed by atoms with Crippen molar-refractivity contribution >= 4 is 11.6 Å². The number of nitrogens with zero attached hydrogens (tertiary/aromatic N) is 3. The molecule has 0 saturated heterocycles. The van der Waals surface area contributed by atoms with Gasteiger partial charge >= 0.3 is 0 Å².